The summed E-state index contributed by atoms with van der Waals surface area (Å²) >= 11 is 0. The molecule has 0 radical (unpaired) electrons. The van der Waals surface area contributed by atoms with Gasteiger partial charge in [-0.3, -0.25) is 4.79 Å². The van der Waals surface area contributed by atoms with E-state index in [1.54, 1.807) is 6.08 Å². The number of aliphatic hydroxyl groups excluding tert-OH is 3. The van der Waals surface area contributed by atoms with Gasteiger partial charge in [-0.1, -0.05) is 50.5 Å². The molecule has 5 nitrogen and oxygen atoms in total. The van der Waals surface area contributed by atoms with Crippen molar-refractivity contribution < 1.29 is 25.2 Å². The van der Waals surface area contributed by atoms with Gasteiger partial charge < -0.3 is 20.4 Å². The molecule has 0 aromatic rings. The van der Waals surface area contributed by atoms with Crippen molar-refractivity contribution in [2.45, 2.75) is 83.0 Å². The van der Waals surface area contributed by atoms with Gasteiger partial charge in [0.2, 0.25) is 0 Å². The van der Waals surface area contributed by atoms with Crippen LogP contribution in [0.3, 0.4) is 0 Å². The molecule has 0 aromatic carbocycles. The molecule has 0 spiro atoms. The van der Waals surface area contributed by atoms with Gasteiger partial charge in [-0.15, -0.1) is 0 Å². The summed E-state index contributed by atoms with van der Waals surface area (Å²) < 4.78 is 0. The minimum absolute atomic E-state index is 0.0650. The average molecular weight is 354 g/mol. The lowest BCUT2D eigenvalue weighted by Crippen LogP contribution is -2.20. The molecule has 0 aromatic heterocycles. The second-order valence-electron chi connectivity index (χ2n) is 7.05. The Morgan fingerprint density at radius 1 is 1.16 bits per heavy atom. The van der Waals surface area contributed by atoms with E-state index < -0.39 is 24.3 Å². The first kappa shape index (κ1) is 21.9. The highest BCUT2D eigenvalue weighted by atomic mass is 16.4. The molecule has 25 heavy (non-hydrogen) atoms. The van der Waals surface area contributed by atoms with E-state index in [0.29, 0.717) is 25.7 Å². The SMILES string of the molecule is CCCCC[C@H](O)C=C[C@H]1[C@@H](CC=CCCCC(=O)O)[C@H](O)C[C@H]1O. The van der Waals surface area contributed by atoms with Gasteiger partial charge in [0.15, 0.2) is 0 Å². The molecule has 0 saturated heterocycles. The van der Waals surface area contributed by atoms with Gasteiger partial charge in [0.1, 0.15) is 0 Å². The first-order valence-electron chi connectivity index (χ1n) is 9.55. The summed E-state index contributed by atoms with van der Waals surface area (Å²) in [5, 5.41) is 39.0. The molecule has 4 N–H and O–H groups in total. The number of allylic oxidation sites excluding steroid dienone is 2. The highest BCUT2D eigenvalue weighted by molar-refractivity contribution is 5.66. The number of rotatable bonds is 12. The van der Waals surface area contributed by atoms with Crippen molar-refractivity contribution in [1.29, 1.82) is 0 Å². The van der Waals surface area contributed by atoms with E-state index in [1.165, 1.54) is 0 Å². The third-order valence-electron chi connectivity index (χ3n) is 4.91. The van der Waals surface area contributed by atoms with Crippen molar-refractivity contribution in [3.8, 4) is 0 Å². The zero-order valence-electron chi connectivity index (χ0n) is 15.3. The number of carbonyl (C=O) groups is 1. The Labute approximate surface area is 151 Å². The Kier molecular flexibility index (Phi) is 10.7. The quantitative estimate of drug-likeness (QED) is 0.319. The number of aliphatic carboxylic acids is 1. The fourth-order valence-electron chi connectivity index (χ4n) is 3.41. The van der Waals surface area contributed by atoms with Crippen LogP contribution in [0.15, 0.2) is 24.3 Å². The van der Waals surface area contributed by atoms with Crippen LogP contribution in [0.1, 0.15) is 64.7 Å². The Morgan fingerprint density at radius 2 is 1.92 bits per heavy atom. The summed E-state index contributed by atoms with van der Waals surface area (Å²) in [6.07, 6.45) is 12.3. The number of aliphatic hydroxyl groups is 3. The molecular formula is C20H34O5. The van der Waals surface area contributed by atoms with Gasteiger partial charge in [0.05, 0.1) is 18.3 Å². The van der Waals surface area contributed by atoms with Crippen molar-refractivity contribution in [3.05, 3.63) is 24.3 Å². The minimum atomic E-state index is -0.787. The zero-order chi connectivity index (χ0) is 18.7. The van der Waals surface area contributed by atoms with Gasteiger partial charge in [-0.25, -0.2) is 0 Å². The molecule has 1 aliphatic carbocycles. The number of carboxylic acids is 1. The summed E-state index contributed by atoms with van der Waals surface area (Å²) in [7, 11) is 0. The van der Waals surface area contributed by atoms with E-state index >= 15 is 0 Å². The van der Waals surface area contributed by atoms with Crippen LogP contribution < -0.4 is 0 Å². The summed E-state index contributed by atoms with van der Waals surface area (Å²) in [6, 6.07) is 0. The molecule has 0 unspecified atom stereocenters. The van der Waals surface area contributed by atoms with Crippen molar-refractivity contribution in [2.24, 2.45) is 11.8 Å². The third-order valence-corrected chi connectivity index (χ3v) is 4.91. The van der Waals surface area contributed by atoms with E-state index in [0.717, 1.165) is 25.7 Å². The van der Waals surface area contributed by atoms with Crippen LogP contribution in [0.4, 0.5) is 0 Å². The lowest BCUT2D eigenvalue weighted by molar-refractivity contribution is -0.137. The predicted octanol–water partition coefficient (Wildman–Crippen LogP) is 3.04. The third kappa shape index (κ3) is 8.66. The molecule has 1 saturated carbocycles. The molecule has 1 rings (SSSR count). The van der Waals surface area contributed by atoms with Crippen LogP contribution in [-0.4, -0.2) is 44.7 Å². The van der Waals surface area contributed by atoms with Gasteiger partial charge in [-0.2, -0.15) is 0 Å². The van der Waals surface area contributed by atoms with E-state index in [4.69, 9.17) is 5.11 Å². The molecule has 144 valence electrons. The maximum atomic E-state index is 10.5. The minimum Gasteiger partial charge on any atom is -0.481 e. The van der Waals surface area contributed by atoms with E-state index in [-0.39, 0.29) is 18.3 Å². The fourth-order valence-corrected chi connectivity index (χ4v) is 3.41. The summed E-state index contributed by atoms with van der Waals surface area (Å²) in [4.78, 5) is 10.5. The largest absolute Gasteiger partial charge is 0.481 e. The van der Waals surface area contributed by atoms with E-state index in [2.05, 4.69) is 6.92 Å². The van der Waals surface area contributed by atoms with Crippen LogP contribution in [0.25, 0.3) is 0 Å². The average Bonchev–Trinajstić information content (AvgIpc) is 2.82. The van der Waals surface area contributed by atoms with Crippen molar-refractivity contribution in [3.63, 3.8) is 0 Å². The second kappa shape index (κ2) is 12.2. The molecule has 5 heteroatoms. The zero-order valence-corrected chi connectivity index (χ0v) is 15.3. The number of hydrogen-bond acceptors (Lipinski definition) is 4. The topological polar surface area (TPSA) is 98.0 Å². The molecule has 5 atom stereocenters. The maximum absolute atomic E-state index is 10.5. The molecule has 0 amide bonds. The number of hydrogen-bond donors (Lipinski definition) is 4. The standard InChI is InChI=1S/C20H34O5/c1-2-3-6-9-15(21)12-13-17-16(18(22)14-19(17)23)10-7-4-5-8-11-20(24)25/h4,7,12-13,15-19,21-23H,2-3,5-6,8-11,14H2,1H3,(H,24,25)/t15-,16+,17-,18+,19+/m0/s1. The Morgan fingerprint density at radius 3 is 2.60 bits per heavy atom. The normalized spacial score (nSPS) is 28.2. The van der Waals surface area contributed by atoms with Crippen molar-refractivity contribution in [1.82, 2.24) is 0 Å². The number of unbranched alkanes of at least 4 members (excludes halogenated alkanes) is 3. The monoisotopic (exact) mass is 354 g/mol. The van der Waals surface area contributed by atoms with Crippen LogP contribution in [0, 0.1) is 11.8 Å². The lowest BCUT2D eigenvalue weighted by atomic mass is 9.89. The predicted molar refractivity (Wildman–Crippen MR) is 98.1 cm³/mol. The fraction of sp³-hybridized carbons (Fsp3) is 0.750. The highest BCUT2D eigenvalue weighted by Gasteiger charge is 2.39. The van der Waals surface area contributed by atoms with Gasteiger partial charge in [-0.05, 0) is 31.6 Å². The van der Waals surface area contributed by atoms with E-state index in [9.17, 15) is 20.1 Å². The first-order valence-corrected chi connectivity index (χ1v) is 9.55. The Balaban J connectivity index is 2.46. The summed E-state index contributed by atoms with van der Waals surface area (Å²) in [5.41, 5.74) is 0. The highest BCUT2D eigenvalue weighted by Crippen LogP contribution is 2.36. The van der Waals surface area contributed by atoms with Gasteiger partial charge in [0.25, 0.3) is 0 Å². The van der Waals surface area contributed by atoms with E-state index in [1.807, 2.05) is 18.2 Å². The smallest absolute Gasteiger partial charge is 0.303 e. The molecule has 0 heterocycles. The van der Waals surface area contributed by atoms with Crippen molar-refractivity contribution in [2.75, 3.05) is 0 Å². The molecule has 1 fully saturated rings. The van der Waals surface area contributed by atoms with Crippen LogP contribution >= 0.6 is 0 Å². The second-order valence-corrected chi connectivity index (χ2v) is 7.05. The molecule has 0 aliphatic heterocycles. The Bertz CT molecular complexity index is 432. The van der Waals surface area contributed by atoms with Gasteiger partial charge in [0, 0.05) is 18.8 Å². The van der Waals surface area contributed by atoms with Crippen LogP contribution in [0.2, 0.25) is 0 Å². The van der Waals surface area contributed by atoms with Crippen LogP contribution in [0.5, 0.6) is 0 Å². The summed E-state index contributed by atoms with van der Waals surface area (Å²) in [6.45, 7) is 2.12. The lowest BCUT2D eigenvalue weighted by Gasteiger charge is -2.19. The molecule has 1 aliphatic rings. The summed E-state index contributed by atoms with van der Waals surface area (Å²) in [5.74, 6) is -1.00. The number of carboxylic acid groups (broad SMARTS) is 1. The Hall–Kier alpha value is -1.17. The van der Waals surface area contributed by atoms with Crippen LogP contribution in [-0.2, 0) is 4.79 Å². The molecule has 0 bridgehead atoms. The maximum Gasteiger partial charge on any atom is 0.303 e. The van der Waals surface area contributed by atoms with Gasteiger partial charge >= 0.3 is 5.97 Å². The van der Waals surface area contributed by atoms with Crippen molar-refractivity contribution >= 4 is 5.97 Å². The first-order chi connectivity index (χ1) is 12.0. The molecular weight excluding hydrogens is 320 g/mol.